The van der Waals surface area contributed by atoms with Crippen molar-refractivity contribution < 1.29 is 4.79 Å². The number of carbonyl (C=O) groups excluding carboxylic acids is 1. The van der Waals surface area contributed by atoms with Crippen LogP contribution in [0.1, 0.15) is 68.2 Å². The lowest BCUT2D eigenvalue weighted by Gasteiger charge is -2.23. The number of likely N-dealkylation sites (tertiary alicyclic amines) is 1. The Bertz CT molecular complexity index is 834. The topological polar surface area (TPSA) is 61.4 Å². The Labute approximate surface area is 174 Å². The summed E-state index contributed by atoms with van der Waals surface area (Å²) < 4.78 is 0. The molecule has 1 unspecified atom stereocenters. The smallest absolute Gasteiger partial charge is 0.220 e. The number of anilines is 1. The van der Waals surface area contributed by atoms with Gasteiger partial charge in [-0.05, 0) is 36.9 Å². The van der Waals surface area contributed by atoms with E-state index >= 15 is 0 Å². The van der Waals surface area contributed by atoms with Gasteiger partial charge in [-0.25, -0.2) is 9.97 Å². The zero-order valence-corrected chi connectivity index (χ0v) is 18.3. The second kappa shape index (κ2) is 9.35. The largest absolute Gasteiger partial charge is 0.373 e. The summed E-state index contributed by atoms with van der Waals surface area (Å²) in [6.07, 6.45) is 1.92. The molecule has 1 aromatic heterocycles. The Morgan fingerprint density at radius 1 is 1.24 bits per heavy atom. The molecule has 29 heavy (non-hydrogen) atoms. The molecule has 1 aliphatic heterocycles. The van der Waals surface area contributed by atoms with Crippen LogP contribution in [0.3, 0.4) is 0 Å². The molecule has 2 heterocycles. The molecule has 6 nitrogen and oxygen atoms in total. The first-order valence-electron chi connectivity index (χ1n) is 10.5. The highest BCUT2D eigenvalue weighted by molar-refractivity contribution is 5.74. The summed E-state index contributed by atoms with van der Waals surface area (Å²) >= 11 is 0. The summed E-state index contributed by atoms with van der Waals surface area (Å²) in [6.45, 7) is 8.42. The Hall–Kier alpha value is -2.47. The summed E-state index contributed by atoms with van der Waals surface area (Å²) in [5.41, 5.74) is 3.62. The average molecular weight is 396 g/mol. The maximum absolute atomic E-state index is 12.0. The predicted octanol–water partition coefficient (Wildman–Crippen LogP) is 3.96. The van der Waals surface area contributed by atoms with E-state index in [1.54, 1.807) is 6.92 Å². The summed E-state index contributed by atoms with van der Waals surface area (Å²) in [7, 11) is 3.97. The number of rotatable bonds is 7. The first kappa shape index (κ1) is 21.2. The third kappa shape index (κ3) is 5.32. The quantitative estimate of drug-likeness (QED) is 0.769. The van der Waals surface area contributed by atoms with Gasteiger partial charge in [-0.2, -0.15) is 0 Å². The van der Waals surface area contributed by atoms with Gasteiger partial charge >= 0.3 is 0 Å². The van der Waals surface area contributed by atoms with Gasteiger partial charge < -0.3 is 10.2 Å². The van der Waals surface area contributed by atoms with Crippen molar-refractivity contribution >= 4 is 11.7 Å². The molecule has 0 aliphatic carbocycles. The number of amides is 1. The maximum Gasteiger partial charge on any atom is 0.220 e. The summed E-state index contributed by atoms with van der Waals surface area (Å²) in [5, 5.41) is 3.14. The maximum atomic E-state index is 12.0. The van der Waals surface area contributed by atoms with Crippen LogP contribution in [0, 0.1) is 0 Å². The number of aromatic nitrogens is 2. The molecular weight excluding hydrogens is 362 g/mol. The van der Waals surface area contributed by atoms with Crippen molar-refractivity contribution in [1.82, 2.24) is 19.8 Å². The van der Waals surface area contributed by atoms with Crippen LogP contribution in [0.25, 0.3) is 0 Å². The van der Waals surface area contributed by atoms with E-state index < -0.39 is 0 Å². The van der Waals surface area contributed by atoms with Crippen molar-refractivity contribution in [1.29, 1.82) is 0 Å². The molecule has 6 heteroatoms. The number of benzene rings is 1. The van der Waals surface area contributed by atoms with Crippen LogP contribution >= 0.6 is 0 Å². The third-order valence-electron chi connectivity index (χ3n) is 5.54. The molecule has 0 spiro atoms. The van der Waals surface area contributed by atoms with E-state index in [9.17, 15) is 4.79 Å². The molecule has 3 rings (SSSR count). The minimum atomic E-state index is -0.0200. The first-order chi connectivity index (χ1) is 13.9. The molecule has 1 aliphatic rings. The second-order valence-corrected chi connectivity index (χ2v) is 8.29. The monoisotopic (exact) mass is 395 g/mol. The van der Waals surface area contributed by atoms with Crippen molar-refractivity contribution in [2.75, 3.05) is 26.0 Å². The number of nitrogens with one attached hydrogen (secondary N) is 1. The van der Waals surface area contributed by atoms with Crippen LogP contribution in [-0.4, -0.2) is 46.3 Å². The molecule has 1 fully saturated rings. The fourth-order valence-corrected chi connectivity index (χ4v) is 3.94. The number of carbonyl (C=O) groups is 1. The summed E-state index contributed by atoms with van der Waals surface area (Å²) in [4.78, 5) is 25.6. The van der Waals surface area contributed by atoms with Crippen LogP contribution in [0.4, 0.5) is 5.82 Å². The van der Waals surface area contributed by atoms with Gasteiger partial charge in [0.1, 0.15) is 5.82 Å². The van der Waals surface area contributed by atoms with E-state index in [2.05, 4.69) is 60.4 Å². The van der Waals surface area contributed by atoms with E-state index in [1.165, 1.54) is 11.1 Å². The Morgan fingerprint density at radius 3 is 2.59 bits per heavy atom. The minimum absolute atomic E-state index is 0.0200. The van der Waals surface area contributed by atoms with Crippen LogP contribution in [0.15, 0.2) is 30.3 Å². The van der Waals surface area contributed by atoms with Crippen molar-refractivity contribution in [3.63, 3.8) is 0 Å². The molecule has 1 amide bonds. The van der Waals surface area contributed by atoms with Gasteiger partial charge in [0.05, 0.1) is 11.7 Å². The molecular formula is C23H33N5O. The fourth-order valence-electron chi connectivity index (χ4n) is 3.94. The van der Waals surface area contributed by atoms with E-state index in [4.69, 9.17) is 4.98 Å². The van der Waals surface area contributed by atoms with E-state index in [0.29, 0.717) is 5.92 Å². The zero-order chi connectivity index (χ0) is 21.0. The molecule has 1 aromatic carbocycles. The van der Waals surface area contributed by atoms with Crippen molar-refractivity contribution in [2.24, 2.45) is 0 Å². The van der Waals surface area contributed by atoms with E-state index in [-0.39, 0.29) is 11.9 Å². The van der Waals surface area contributed by atoms with Gasteiger partial charge in [-0.3, -0.25) is 9.69 Å². The first-order valence-corrected chi connectivity index (χ1v) is 10.5. The molecule has 1 N–H and O–H groups in total. The SMILES string of the molecule is CNc1cc(CN(C)Cc2ccc(C(C)C)cc2)nc(C2CCCN2C(C)=O)n1. The Morgan fingerprint density at radius 2 is 1.97 bits per heavy atom. The van der Waals surface area contributed by atoms with E-state index in [0.717, 1.165) is 49.8 Å². The van der Waals surface area contributed by atoms with Gasteiger partial charge in [0.15, 0.2) is 5.82 Å². The van der Waals surface area contributed by atoms with Crippen LogP contribution in [-0.2, 0) is 17.9 Å². The van der Waals surface area contributed by atoms with Gasteiger partial charge in [0.2, 0.25) is 5.91 Å². The fraction of sp³-hybridized carbons (Fsp3) is 0.522. The third-order valence-corrected chi connectivity index (χ3v) is 5.54. The second-order valence-electron chi connectivity index (χ2n) is 8.29. The lowest BCUT2D eigenvalue weighted by Crippen LogP contribution is -2.29. The minimum Gasteiger partial charge on any atom is -0.373 e. The lowest BCUT2D eigenvalue weighted by molar-refractivity contribution is -0.129. The Kier molecular flexibility index (Phi) is 6.85. The van der Waals surface area contributed by atoms with Crippen LogP contribution in [0.2, 0.25) is 0 Å². The van der Waals surface area contributed by atoms with Crippen molar-refractivity contribution in [2.45, 2.75) is 58.7 Å². The molecule has 1 atom stereocenters. The molecule has 0 bridgehead atoms. The molecule has 0 saturated carbocycles. The lowest BCUT2D eigenvalue weighted by atomic mass is 10.0. The highest BCUT2D eigenvalue weighted by atomic mass is 16.2. The standard InChI is InChI=1S/C23H33N5O/c1-16(2)19-10-8-18(9-11-19)14-27(5)15-20-13-22(24-4)26-23(25-20)21-7-6-12-28(21)17(3)29/h8-11,13,16,21H,6-7,12,14-15H2,1-5H3,(H,24,25,26). The number of nitrogens with zero attached hydrogens (tertiary/aromatic N) is 4. The predicted molar refractivity (Wildman–Crippen MR) is 117 cm³/mol. The Balaban J connectivity index is 1.73. The molecule has 0 radical (unpaired) electrons. The van der Waals surface area contributed by atoms with Crippen molar-refractivity contribution in [3.8, 4) is 0 Å². The normalized spacial score (nSPS) is 16.7. The highest BCUT2D eigenvalue weighted by Gasteiger charge is 2.30. The van der Waals surface area contributed by atoms with Gasteiger partial charge in [0, 0.05) is 39.7 Å². The van der Waals surface area contributed by atoms with Crippen LogP contribution < -0.4 is 5.32 Å². The molecule has 1 saturated heterocycles. The van der Waals surface area contributed by atoms with Crippen molar-refractivity contribution in [3.05, 3.63) is 53.0 Å². The van der Waals surface area contributed by atoms with Gasteiger partial charge in [0.25, 0.3) is 0 Å². The average Bonchev–Trinajstić information content (AvgIpc) is 3.18. The summed E-state index contributed by atoms with van der Waals surface area (Å²) in [5.74, 6) is 2.19. The number of hydrogen-bond donors (Lipinski definition) is 1. The van der Waals surface area contributed by atoms with Gasteiger partial charge in [-0.15, -0.1) is 0 Å². The summed E-state index contributed by atoms with van der Waals surface area (Å²) in [6, 6.07) is 10.8. The van der Waals surface area contributed by atoms with E-state index in [1.807, 2.05) is 18.0 Å². The van der Waals surface area contributed by atoms with Crippen LogP contribution in [0.5, 0.6) is 0 Å². The highest BCUT2D eigenvalue weighted by Crippen LogP contribution is 2.30. The zero-order valence-electron chi connectivity index (χ0n) is 18.3. The molecule has 156 valence electrons. The van der Waals surface area contributed by atoms with Gasteiger partial charge in [-0.1, -0.05) is 38.1 Å². The number of hydrogen-bond acceptors (Lipinski definition) is 5. The molecule has 2 aromatic rings.